The average molecular weight is 352 g/mol. The van der Waals surface area contributed by atoms with Crippen LogP contribution in [0.1, 0.15) is 33.7 Å². The Morgan fingerprint density at radius 1 is 1.08 bits per heavy atom. The Balaban J connectivity index is 1.58. The van der Waals surface area contributed by atoms with Gasteiger partial charge in [0.05, 0.1) is 5.69 Å². The fourth-order valence-electron chi connectivity index (χ4n) is 3.27. The SMILES string of the molecule is O=C(NCc1ccc(Cl)cc1)c1nn(-c2ccccc2)c2c1CCC2. The zero-order chi connectivity index (χ0) is 17.2. The first-order valence-electron chi connectivity index (χ1n) is 8.41. The van der Waals surface area contributed by atoms with E-state index in [2.05, 4.69) is 10.4 Å². The van der Waals surface area contributed by atoms with Crippen molar-refractivity contribution in [3.63, 3.8) is 0 Å². The summed E-state index contributed by atoms with van der Waals surface area (Å²) >= 11 is 5.90. The molecule has 0 unspecified atom stereocenters. The third kappa shape index (κ3) is 3.17. The molecule has 0 saturated heterocycles. The van der Waals surface area contributed by atoms with Gasteiger partial charge in [-0.3, -0.25) is 4.79 Å². The number of nitrogens with zero attached hydrogens (tertiary/aromatic N) is 2. The zero-order valence-electron chi connectivity index (χ0n) is 13.7. The number of para-hydroxylation sites is 1. The van der Waals surface area contributed by atoms with Gasteiger partial charge in [0.15, 0.2) is 5.69 Å². The van der Waals surface area contributed by atoms with E-state index in [0.29, 0.717) is 17.3 Å². The number of benzene rings is 2. The van der Waals surface area contributed by atoms with Crippen LogP contribution >= 0.6 is 11.6 Å². The van der Waals surface area contributed by atoms with E-state index >= 15 is 0 Å². The number of hydrogen-bond acceptors (Lipinski definition) is 2. The second kappa shape index (κ2) is 6.73. The van der Waals surface area contributed by atoms with Gasteiger partial charge in [0, 0.05) is 22.8 Å². The number of carbonyl (C=O) groups excluding carboxylic acids is 1. The molecular weight excluding hydrogens is 334 g/mol. The van der Waals surface area contributed by atoms with Crippen LogP contribution in [0.4, 0.5) is 0 Å². The number of fused-ring (bicyclic) bond motifs is 1. The van der Waals surface area contributed by atoms with Crippen molar-refractivity contribution in [1.82, 2.24) is 15.1 Å². The summed E-state index contributed by atoms with van der Waals surface area (Å²) in [7, 11) is 0. The van der Waals surface area contributed by atoms with Crippen LogP contribution in [-0.2, 0) is 19.4 Å². The molecule has 1 aromatic heterocycles. The Morgan fingerprint density at radius 2 is 1.84 bits per heavy atom. The predicted molar refractivity (Wildman–Crippen MR) is 98.2 cm³/mol. The molecule has 126 valence electrons. The first-order chi connectivity index (χ1) is 12.2. The quantitative estimate of drug-likeness (QED) is 0.773. The predicted octanol–water partition coefficient (Wildman–Crippen LogP) is 3.94. The molecule has 1 amide bonds. The number of hydrogen-bond donors (Lipinski definition) is 1. The summed E-state index contributed by atoms with van der Waals surface area (Å²) in [4.78, 5) is 12.7. The fourth-order valence-corrected chi connectivity index (χ4v) is 3.40. The third-order valence-electron chi connectivity index (χ3n) is 4.51. The molecule has 0 atom stereocenters. The Hall–Kier alpha value is -2.59. The van der Waals surface area contributed by atoms with Crippen LogP contribution in [0, 0.1) is 0 Å². The van der Waals surface area contributed by atoms with E-state index in [4.69, 9.17) is 11.6 Å². The van der Waals surface area contributed by atoms with Crippen LogP contribution in [0.15, 0.2) is 54.6 Å². The molecule has 0 bridgehead atoms. The summed E-state index contributed by atoms with van der Waals surface area (Å²) in [5, 5.41) is 8.27. The number of aromatic nitrogens is 2. The van der Waals surface area contributed by atoms with Crippen molar-refractivity contribution < 1.29 is 4.79 Å². The molecule has 0 spiro atoms. The molecule has 5 heteroatoms. The molecule has 0 radical (unpaired) electrons. The van der Waals surface area contributed by atoms with E-state index in [0.717, 1.165) is 41.8 Å². The molecular formula is C20H18ClN3O. The van der Waals surface area contributed by atoms with Gasteiger partial charge < -0.3 is 5.32 Å². The van der Waals surface area contributed by atoms with E-state index in [9.17, 15) is 4.79 Å². The first-order valence-corrected chi connectivity index (χ1v) is 8.79. The summed E-state index contributed by atoms with van der Waals surface area (Å²) in [5.74, 6) is -0.122. The summed E-state index contributed by atoms with van der Waals surface area (Å²) in [6.07, 6.45) is 2.94. The maximum Gasteiger partial charge on any atom is 0.272 e. The monoisotopic (exact) mass is 351 g/mol. The molecule has 0 aliphatic heterocycles. The highest BCUT2D eigenvalue weighted by atomic mass is 35.5. The van der Waals surface area contributed by atoms with Crippen molar-refractivity contribution >= 4 is 17.5 Å². The Bertz CT molecular complexity index is 901. The van der Waals surface area contributed by atoms with E-state index in [1.165, 1.54) is 0 Å². The molecule has 0 fully saturated rings. The minimum absolute atomic E-state index is 0.122. The summed E-state index contributed by atoms with van der Waals surface area (Å²) in [6.45, 7) is 0.461. The fraction of sp³-hybridized carbons (Fsp3) is 0.200. The minimum Gasteiger partial charge on any atom is -0.347 e. The standard InChI is InChI=1S/C20H18ClN3O/c21-15-11-9-14(10-12-15)13-22-20(25)19-17-7-4-8-18(17)24(23-19)16-5-2-1-3-6-16/h1-3,5-6,9-12H,4,7-8,13H2,(H,22,25). The highest BCUT2D eigenvalue weighted by molar-refractivity contribution is 6.30. The molecule has 1 aliphatic rings. The van der Waals surface area contributed by atoms with Crippen molar-refractivity contribution in [3.8, 4) is 5.69 Å². The molecule has 1 N–H and O–H groups in total. The lowest BCUT2D eigenvalue weighted by molar-refractivity contribution is 0.0944. The van der Waals surface area contributed by atoms with Gasteiger partial charge in [0.25, 0.3) is 5.91 Å². The van der Waals surface area contributed by atoms with Crippen LogP contribution in [0.5, 0.6) is 0 Å². The largest absolute Gasteiger partial charge is 0.347 e. The lowest BCUT2D eigenvalue weighted by Gasteiger charge is -2.05. The topological polar surface area (TPSA) is 46.9 Å². The minimum atomic E-state index is -0.122. The molecule has 3 aromatic rings. The van der Waals surface area contributed by atoms with Crippen LogP contribution in [-0.4, -0.2) is 15.7 Å². The van der Waals surface area contributed by atoms with E-state index in [1.807, 2.05) is 59.3 Å². The third-order valence-corrected chi connectivity index (χ3v) is 4.76. The van der Waals surface area contributed by atoms with Gasteiger partial charge in [-0.15, -0.1) is 0 Å². The van der Waals surface area contributed by atoms with Crippen LogP contribution in [0.2, 0.25) is 5.02 Å². The van der Waals surface area contributed by atoms with Crippen LogP contribution in [0.25, 0.3) is 5.69 Å². The van der Waals surface area contributed by atoms with Gasteiger partial charge >= 0.3 is 0 Å². The highest BCUT2D eigenvalue weighted by Gasteiger charge is 2.26. The summed E-state index contributed by atoms with van der Waals surface area (Å²) in [5.41, 5.74) is 4.79. The van der Waals surface area contributed by atoms with E-state index in [1.54, 1.807) is 0 Å². The normalized spacial score (nSPS) is 12.8. The molecule has 1 heterocycles. The van der Waals surface area contributed by atoms with Crippen LogP contribution in [0.3, 0.4) is 0 Å². The first kappa shape index (κ1) is 15.9. The van der Waals surface area contributed by atoms with Crippen molar-refractivity contribution in [2.75, 3.05) is 0 Å². The number of amides is 1. The van der Waals surface area contributed by atoms with Crippen molar-refractivity contribution in [1.29, 1.82) is 0 Å². The second-order valence-electron chi connectivity index (χ2n) is 6.18. The van der Waals surface area contributed by atoms with Crippen molar-refractivity contribution in [2.45, 2.75) is 25.8 Å². The van der Waals surface area contributed by atoms with Gasteiger partial charge in [-0.05, 0) is 49.1 Å². The highest BCUT2D eigenvalue weighted by Crippen LogP contribution is 2.27. The number of halogens is 1. The molecule has 1 aliphatic carbocycles. The van der Waals surface area contributed by atoms with Crippen LogP contribution < -0.4 is 5.32 Å². The smallest absolute Gasteiger partial charge is 0.272 e. The number of nitrogens with one attached hydrogen (secondary N) is 1. The van der Waals surface area contributed by atoms with E-state index < -0.39 is 0 Å². The maximum atomic E-state index is 12.7. The zero-order valence-corrected chi connectivity index (χ0v) is 14.5. The summed E-state index contributed by atoms with van der Waals surface area (Å²) < 4.78 is 1.92. The van der Waals surface area contributed by atoms with Gasteiger partial charge in [-0.1, -0.05) is 41.9 Å². The maximum absolute atomic E-state index is 12.7. The van der Waals surface area contributed by atoms with Crippen molar-refractivity contribution in [3.05, 3.63) is 82.1 Å². The van der Waals surface area contributed by atoms with Gasteiger partial charge in [0.1, 0.15) is 0 Å². The lowest BCUT2D eigenvalue weighted by atomic mass is 10.2. The molecule has 25 heavy (non-hydrogen) atoms. The van der Waals surface area contributed by atoms with E-state index in [-0.39, 0.29) is 5.91 Å². The molecule has 4 rings (SSSR count). The Labute approximate surface area is 151 Å². The van der Waals surface area contributed by atoms with Gasteiger partial charge in [-0.2, -0.15) is 5.10 Å². The second-order valence-corrected chi connectivity index (χ2v) is 6.62. The summed E-state index contributed by atoms with van der Waals surface area (Å²) in [6, 6.07) is 17.5. The Morgan fingerprint density at radius 3 is 2.60 bits per heavy atom. The van der Waals surface area contributed by atoms with Crippen molar-refractivity contribution in [2.24, 2.45) is 0 Å². The number of rotatable bonds is 4. The van der Waals surface area contributed by atoms with Gasteiger partial charge in [0.2, 0.25) is 0 Å². The molecule has 0 saturated carbocycles. The molecule has 4 nitrogen and oxygen atoms in total. The molecule has 2 aromatic carbocycles. The Kier molecular flexibility index (Phi) is 4.28. The average Bonchev–Trinajstić information content (AvgIpc) is 3.24. The van der Waals surface area contributed by atoms with Gasteiger partial charge in [-0.25, -0.2) is 4.68 Å². The lowest BCUT2D eigenvalue weighted by Crippen LogP contribution is -2.24. The number of carbonyl (C=O) groups is 1.